The van der Waals surface area contributed by atoms with Crippen molar-refractivity contribution in [2.24, 2.45) is 0 Å². The smallest absolute Gasteiger partial charge is 0.165 e. The van der Waals surface area contributed by atoms with Gasteiger partial charge in [0.25, 0.3) is 0 Å². The van der Waals surface area contributed by atoms with Gasteiger partial charge in [0, 0.05) is 12.0 Å². The van der Waals surface area contributed by atoms with Crippen LogP contribution in [0.5, 0.6) is 0 Å². The molecule has 0 aromatic heterocycles. The highest BCUT2D eigenvalue weighted by atomic mass is 16.3. The number of aliphatic hydroxyl groups excluding tert-OH is 1. The van der Waals surface area contributed by atoms with Gasteiger partial charge in [0.1, 0.15) is 0 Å². The molecule has 0 saturated heterocycles. The van der Waals surface area contributed by atoms with E-state index in [0.717, 1.165) is 0 Å². The average molecular weight is 163 g/mol. The fourth-order valence-corrected chi connectivity index (χ4v) is 0.956. The highest BCUT2D eigenvalue weighted by molar-refractivity contribution is 5.96. The van der Waals surface area contributed by atoms with E-state index in [4.69, 9.17) is 5.11 Å². The lowest BCUT2D eigenvalue weighted by Gasteiger charge is -2.02. The Balaban J connectivity index is 2.66. The Morgan fingerprint density at radius 3 is 2.50 bits per heavy atom. The largest absolute Gasteiger partial charge is 0.393 e. The number of aliphatic hydroxyl groups is 1. The number of ketones is 1. The number of hydrogen-bond donors (Lipinski definition) is 1. The van der Waals surface area contributed by atoms with Gasteiger partial charge in [0.15, 0.2) is 5.78 Å². The van der Waals surface area contributed by atoms with E-state index in [2.05, 4.69) is 6.92 Å². The lowest BCUT2D eigenvalue weighted by Crippen LogP contribution is -2.09. The molecule has 0 spiro atoms. The standard InChI is InChI=1S/C10H11O2/c1-8(11)7-10(12)9-5-3-2-4-6-9/h2-6,8,11H,1,7H2. The lowest BCUT2D eigenvalue weighted by atomic mass is 10.1. The van der Waals surface area contributed by atoms with Gasteiger partial charge >= 0.3 is 0 Å². The van der Waals surface area contributed by atoms with E-state index in [1.54, 1.807) is 24.3 Å². The third-order valence-electron chi connectivity index (χ3n) is 1.52. The van der Waals surface area contributed by atoms with Crippen LogP contribution in [-0.2, 0) is 0 Å². The van der Waals surface area contributed by atoms with Crippen LogP contribution < -0.4 is 0 Å². The van der Waals surface area contributed by atoms with Gasteiger partial charge in [-0.3, -0.25) is 4.79 Å². The lowest BCUT2D eigenvalue weighted by molar-refractivity contribution is 0.0921. The SMILES string of the molecule is [CH2]C(O)CC(=O)c1ccccc1. The predicted octanol–water partition coefficient (Wildman–Crippen LogP) is 1.45. The minimum atomic E-state index is -0.808. The molecule has 1 N–H and O–H groups in total. The molecule has 2 nitrogen and oxygen atoms in total. The summed E-state index contributed by atoms with van der Waals surface area (Å²) in [5.74, 6) is -0.0712. The van der Waals surface area contributed by atoms with Crippen molar-refractivity contribution >= 4 is 5.78 Å². The van der Waals surface area contributed by atoms with E-state index in [9.17, 15) is 4.79 Å². The number of hydrogen-bond acceptors (Lipinski definition) is 2. The summed E-state index contributed by atoms with van der Waals surface area (Å²) in [4.78, 5) is 11.3. The maximum Gasteiger partial charge on any atom is 0.165 e. The van der Waals surface area contributed by atoms with Crippen molar-refractivity contribution in [1.82, 2.24) is 0 Å². The molecule has 0 fully saturated rings. The van der Waals surface area contributed by atoms with Gasteiger partial charge in [0.2, 0.25) is 0 Å². The van der Waals surface area contributed by atoms with Gasteiger partial charge in [-0.1, -0.05) is 30.3 Å². The van der Waals surface area contributed by atoms with Crippen LogP contribution in [-0.4, -0.2) is 17.0 Å². The molecule has 0 bridgehead atoms. The van der Waals surface area contributed by atoms with Gasteiger partial charge in [0.05, 0.1) is 6.10 Å². The van der Waals surface area contributed by atoms with Gasteiger partial charge in [-0.05, 0) is 6.92 Å². The molecule has 2 heteroatoms. The normalized spacial score (nSPS) is 12.5. The zero-order chi connectivity index (χ0) is 8.97. The average Bonchev–Trinajstić information content (AvgIpc) is 2.05. The van der Waals surface area contributed by atoms with Crippen LogP contribution in [0, 0.1) is 6.92 Å². The third kappa shape index (κ3) is 2.47. The summed E-state index contributed by atoms with van der Waals surface area (Å²) < 4.78 is 0. The van der Waals surface area contributed by atoms with Crippen LogP contribution in [0.25, 0.3) is 0 Å². The molecule has 1 radical (unpaired) electrons. The molecule has 0 aliphatic heterocycles. The molecular formula is C10H11O2. The number of carbonyl (C=O) groups is 1. The molecule has 0 heterocycles. The van der Waals surface area contributed by atoms with E-state index in [0.29, 0.717) is 5.56 Å². The Hall–Kier alpha value is -1.15. The maximum absolute atomic E-state index is 11.3. The Morgan fingerprint density at radius 2 is 2.00 bits per heavy atom. The third-order valence-corrected chi connectivity index (χ3v) is 1.52. The number of Topliss-reactive ketones (excluding diaryl/α,β-unsaturated/α-hetero) is 1. The molecule has 1 atom stereocenters. The van der Waals surface area contributed by atoms with Crippen LogP contribution in [0.15, 0.2) is 30.3 Å². The Kier molecular flexibility index (Phi) is 3.00. The molecule has 1 unspecified atom stereocenters. The number of rotatable bonds is 3. The molecule has 0 aliphatic rings. The number of carbonyl (C=O) groups excluding carboxylic acids is 1. The summed E-state index contributed by atoms with van der Waals surface area (Å²) in [5.41, 5.74) is 0.625. The van der Waals surface area contributed by atoms with Crippen LogP contribution in [0.4, 0.5) is 0 Å². The maximum atomic E-state index is 11.3. The Bertz CT molecular complexity index is 252. The summed E-state index contributed by atoms with van der Waals surface area (Å²) in [6, 6.07) is 8.89. The molecule has 0 amide bonds. The predicted molar refractivity (Wildman–Crippen MR) is 46.8 cm³/mol. The van der Waals surface area contributed by atoms with Gasteiger partial charge < -0.3 is 5.11 Å². The topological polar surface area (TPSA) is 37.3 Å². The monoisotopic (exact) mass is 163 g/mol. The van der Waals surface area contributed by atoms with E-state index < -0.39 is 6.10 Å². The van der Waals surface area contributed by atoms with Crippen molar-refractivity contribution in [2.45, 2.75) is 12.5 Å². The quantitative estimate of drug-likeness (QED) is 0.685. The summed E-state index contributed by atoms with van der Waals surface area (Å²) in [6.45, 7) is 3.34. The first-order chi connectivity index (χ1) is 5.70. The summed E-state index contributed by atoms with van der Waals surface area (Å²) in [7, 11) is 0. The van der Waals surface area contributed by atoms with Crippen molar-refractivity contribution in [3.63, 3.8) is 0 Å². The zero-order valence-electron chi connectivity index (χ0n) is 6.73. The first-order valence-corrected chi connectivity index (χ1v) is 3.79. The summed E-state index contributed by atoms with van der Waals surface area (Å²) >= 11 is 0. The van der Waals surface area contributed by atoms with Gasteiger partial charge in [-0.2, -0.15) is 0 Å². The fourth-order valence-electron chi connectivity index (χ4n) is 0.956. The molecule has 0 aliphatic carbocycles. The molecule has 1 rings (SSSR count). The van der Waals surface area contributed by atoms with Crippen molar-refractivity contribution in [3.05, 3.63) is 42.8 Å². The first kappa shape index (κ1) is 8.94. The van der Waals surface area contributed by atoms with Crippen molar-refractivity contribution in [1.29, 1.82) is 0 Å². The zero-order valence-corrected chi connectivity index (χ0v) is 6.73. The van der Waals surface area contributed by atoms with Crippen molar-refractivity contribution < 1.29 is 9.90 Å². The van der Waals surface area contributed by atoms with Crippen molar-refractivity contribution in [3.8, 4) is 0 Å². The van der Waals surface area contributed by atoms with Gasteiger partial charge in [-0.15, -0.1) is 0 Å². The Labute approximate surface area is 71.8 Å². The molecule has 12 heavy (non-hydrogen) atoms. The molecule has 63 valence electrons. The van der Waals surface area contributed by atoms with Crippen LogP contribution >= 0.6 is 0 Å². The van der Waals surface area contributed by atoms with E-state index in [1.165, 1.54) is 0 Å². The Morgan fingerprint density at radius 1 is 1.42 bits per heavy atom. The molecule has 0 saturated carbocycles. The molecule has 1 aromatic rings. The summed E-state index contributed by atoms with van der Waals surface area (Å²) in [6.07, 6.45) is -0.720. The van der Waals surface area contributed by atoms with E-state index >= 15 is 0 Å². The van der Waals surface area contributed by atoms with Crippen LogP contribution in [0.1, 0.15) is 16.8 Å². The fraction of sp³-hybridized carbons (Fsp3) is 0.200. The highest BCUT2D eigenvalue weighted by Crippen LogP contribution is 2.04. The molecule has 1 aromatic carbocycles. The number of benzene rings is 1. The highest BCUT2D eigenvalue weighted by Gasteiger charge is 2.07. The minimum Gasteiger partial charge on any atom is -0.393 e. The van der Waals surface area contributed by atoms with Crippen LogP contribution in [0.2, 0.25) is 0 Å². The molecular weight excluding hydrogens is 152 g/mol. The summed E-state index contributed by atoms with van der Waals surface area (Å²) in [5, 5.41) is 8.85. The van der Waals surface area contributed by atoms with E-state index in [-0.39, 0.29) is 12.2 Å². The second-order valence-electron chi connectivity index (χ2n) is 2.65. The minimum absolute atomic E-state index is 0.0712. The van der Waals surface area contributed by atoms with Crippen LogP contribution in [0.3, 0.4) is 0 Å². The van der Waals surface area contributed by atoms with E-state index in [1.807, 2.05) is 6.07 Å². The second kappa shape index (κ2) is 4.02. The van der Waals surface area contributed by atoms with Gasteiger partial charge in [-0.25, -0.2) is 0 Å². The van der Waals surface area contributed by atoms with Crippen molar-refractivity contribution in [2.75, 3.05) is 0 Å². The first-order valence-electron chi connectivity index (χ1n) is 3.79. The second-order valence-corrected chi connectivity index (χ2v) is 2.65.